The van der Waals surface area contributed by atoms with Crippen LogP contribution in [-0.4, -0.2) is 37.9 Å². The van der Waals surface area contributed by atoms with E-state index in [2.05, 4.69) is 31.7 Å². The molecule has 29 heavy (non-hydrogen) atoms. The minimum Gasteiger partial charge on any atom is -0.346 e. The van der Waals surface area contributed by atoms with Crippen molar-refractivity contribution in [2.75, 3.05) is 13.1 Å². The molecule has 7 heteroatoms. The van der Waals surface area contributed by atoms with Gasteiger partial charge in [-0.3, -0.25) is 0 Å². The van der Waals surface area contributed by atoms with Gasteiger partial charge in [-0.05, 0) is 74.9 Å². The van der Waals surface area contributed by atoms with E-state index in [1.54, 1.807) is 10.8 Å². The highest BCUT2D eigenvalue weighted by Crippen LogP contribution is 2.37. The van der Waals surface area contributed by atoms with E-state index >= 15 is 0 Å². The second-order valence-corrected chi connectivity index (χ2v) is 8.05. The lowest BCUT2D eigenvalue weighted by molar-refractivity contribution is 0.313. The molecular formula is C22H25FN6. The zero-order valence-electron chi connectivity index (χ0n) is 16.3. The Labute approximate surface area is 168 Å². The van der Waals surface area contributed by atoms with Gasteiger partial charge >= 0.3 is 0 Å². The van der Waals surface area contributed by atoms with Gasteiger partial charge in [0, 0.05) is 17.5 Å². The van der Waals surface area contributed by atoms with Gasteiger partial charge < -0.3 is 10.3 Å². The maximum absolute atomic E-state index is 13.0. The summed E-state index contributed by atoms with van der Waals surface area (Å²) in [5.74, 6) is 0.992. The molecule has 5 rings (SSSR count). The molecule has 0 bridgehead atoms. The number of nitrogens with zero attached hydrogens (tertiary/aromatic N) is 4. The molecule has 1 aliphatic rings. The van der Waals surface area contributed by atoms with Crippen LogP contribution in [0, 0.1) is 11.7 Å². The molecule has 0 spiro atoms. The van der Waals surface area contributed by atoms with Crippen molar-refractivity contribution in [2.24, 2.45) is 5.92 Å². The highest BCUT2D eigenvalue weighted by atomic mass is 19.1. The van der Waals surface area contributed by atoms with Crippen LogP contribution in [-0.2, 0) is 6.42 Å². The number of aromatic amines is 1. The highest BCUT2D eigenvalue weighted by molar-refractivity contribution is 5.92. The molecule has 0 saturated heterocycles. The second-order valence-electron chi connectivity index (χ2n) is 8.05. The zero-order valence-corrected chi connectivity index (χ0v) is 16.3. The Hall–Kier alpha value is -2.80. The predicted molar refractivity (Wildman–Crippen MR) is 110 cm³/mol. The number of nitrogens with one attached hydrogen (secondary N) is 2. The first kappa shape index (κ1) is 18.2. The van der Waals surface area contributed by atoms with Gasteiger partial charge in [0.15, 0.2) is 0 Å². The summed E-state index contributed by atoms with van der Waals surface area (Å²) in [4.78, 5) is 7.56. The average Bonchev–Trinajstić information content (AvgIpc) is 3.39. The van der Waals surface area contributed by atoms with Gasteiger partial charge in [-0.2, -0.15) is 0 Å². The third-order valence-corrected chi connectivity index (χ3v) is 6.17. The quantitative estimate of drug-likeness (QED) is 0.489. The number of halogens is 1. The molecule has 2 N–H and O–H groups in total. The second kappa shape index (κ2) is 7.91. The number of hydrogen-bond acceptors (Lipinski definition) is 4. The van der Waals surface area contributed by atoms with E-state index in [1.807, 2.05) is 18.3 Å². The van der Waals surface area contributed by atoms with E-state index in [0.29, 0.717) is 11.8 Å². The van der Waals surface area contributed by atoms with Gasteiger partial charge in [-0.25, -0.2) is 13.9 Å². The largest absolute Gasteiger partial charge is 0.346 e. The topological polar surface area (TPSA) is 70.9 Å². The molecular weight excluding hydrogens is 367 g/mol. The van der Waals surface area contributed by atoms with Gasteiger partial charge in [0.1, 0.15) is 23.3 Å². The smallest absolute Gasteiger partial charge is 0.141 e. The van der Waals surface area contributed by atoms with E-state index in [0.717, 1.165) is 54.6 Å². The average molecular weight is 392 g/mol. The van der Waals surface area contributed by atoms with E-state index in [-0.39, 0.29) is 5.82 Å². The number of rotatable bonds is 6. The standard InChI is InChI=1S/C22H25FN6/c23-18-7-3-15(4-8-18)9-11-24-13-16-1-5-17(6-2-16)20-21-19-10-12-25-22(19)26-14-29(21)28-27-20/h3-4,7-8,10,12,14,16-17,24-25H,1-2,5-6,9,11,13H2. The molecule has 0 radical (unpaired) electrons. The van der Waals surface area contributed by atoms with Gasteiger partial charge in [-0.1, -0.05) is 17.3 Å². The van der Waals surface area contributed by atoms with Gasteiger partial charge in [0.2, 0.25) is 0 Å². The number of H-pyrrole nitrogens is 1. The number of benzene rings is 1. The van der Waals surface area contributed by atoms with Crippen LogP contribution in [0.4, 0.5) is 4.39 Å². The van der Waals surface area contributed by atoms with Crippen molar-refractivity contribution < 1.29 is 4.39 Å². The predicted octanol–water partition coefficient (Wildman–Crippen LogP) is 3.85. The Morgan fingerprint density at radius 3 is 2.76 bits per heavy atom. The highest BCUT2D eigenvalue weighted by Gasteiger charge is 2.26. The molecule has 1 aliphatic carbocycles. The third-order valence-electron chi connectivity index (χ3n) is 6.17. The third kappa shape index (κ3) is 3.74. The van der Waals surface area contributed by atoms with Crippen LogP contribution in [0.25, 0.3) is 16.6 Å². The Bertz CT molecular complexity index is 1090. The maximum Gasteiger partial charge on any atom is 0.141 e. The molecule has 0 aliphatic heterocycles. The van der Waals surface area contributed by atoms with Crippen LogP contribution < -0.4 is 5.32 Å². The van der Waals surface area contributed by atoms with Gasteiger partial charge in [-0.15, -0.1) is 5.10 Å². The van der Waals surface area contributed by atoms with Crippen LogP contribution in [0.3, 0.4) is 0 Å². The van der Waals surface area contributed by atoms with E-state index in [4.69, 9.17) is 0 Å². The van der Waals surface area contributed by atoms with Crippen molar-refractivity contribution in [3.63, 3.8) is 0 Å². The summed E-state index contributed by atoms with van der Waals surface area (Å²) >= 11 is 0. The van der Waals surface area contributed by atoms with Crippen molar-refractivity contribution >= 4 is 16.6 Å². The Morgan fingerprint density at radius 1 is 1.10 bits per heavy atom. The minimum absolute atomic E-state index is 0.173. The molecule has 4 aromatic rings. The molecule has 1 fully saturated rings. The van der Waals surface area contributed by atoms with Gasteiger partial charge in [0.25, 0.3) is 0 Å². The lowest BCUT2D eigenvalue weighted by Gasteiger charge is -2.27. The van der Waals surface area contributed by atoms with E-state index < -0.39 is 0 Å². The molecule has 1 aromatic carbocycles. The number of fused-ring (bicyclic) bond motifs is 3. The Kier molecular flexibility index (Phi) is 4.97. The number of aromatic nitrogens is 5. The lowest BCUT2D eigenvalue weighted by atomic mass is 9.80. The summed E-state index contributed by atoms with van der Waals surface area (Å²) in [5.41, 5.74) is 4.27. The molecule has 3 aromatic heterocycles. The first-order valence-corrected chi connectivity index (χ1v) is 10.4. The van der Waals surface area contributed by atoms with Crippen molar-refractivity contribution in [1.29, 1.82) is 0 Å². The van der Waals surface area contributed by atoms with E-state index in [1.165, 1.54) is 30.5 Å². The minimum atomic E-state index is -0.173. The summed E-state index contributed by atoms with van der Waals surface area (Å²) < 4.78 is 14.8. The molecule has 0 atom stereocenters. The van der Waals surface area contributed by atoms with Crippen LogP contribution in [0.2, 0.25) is 0 Å². The van der Waals surface area contributed by atoms with Crippen LogP contribution in [0.5, 0.6) is 0 Å². The Balaban J connectivity index is 1.15. The first-order chi connectivity index (χ1) is 14.3. The van der Waals surface area contributed by atoms with Crippen molar-refractivity contribution in [3.05, 3.63) is 59.9 Å². The Morgan fingerprint density at radius 2 is 1.93 bits per heavy atom. The normalized spacial score (nSPS) is 19.9. The fourth-order valence-electron chi connectivity index (χ4n) is 4.52. The fraction of sp³-hybridized carbons (Fsp3) is 0.409. The van der Waals surface area contributed by atoms with Crippen molar-refractivity contribution in [3.8, 4) is 0 Å². The summed E-state index contributed by atoms with van der Waals surface area (Å²) in [6.45, 7) is 1.97. The monoisotopic (exact) mass is 392 g/mol. The maximum atomic E-state index is 13.0. The summed E-state index contributed by atoms with van der Waals surface area (Å²) in [7, 11) is 0. The summed E-state index contributed by atoms with van der Waals surface area (Å²) in [5, 5.41) is 13.5. The SMILES string of the molecule is Fc1ccc(CCNCC2CCC(c3nnn4cnc5[nH]ccc5c34)CC2)cc1. The first-order valence-electron chi connectivity index (χ1n) is 10.4. The van der Waals surface area contributed by atoms with Gasteiger partial charge in [0.05, 0.1) is 5.69 Å². The van der Waals surface area contributed by atoms with Crippen LogP contribution in [0.1, 0.15) is 42.9 Å². The molecule has 0 unspecified atom stereocenters. The molecule has 150 valence electrons. The van der Waals surface area contributed by atoms with Crippen molar-refractivity contribution in [2.45, 2.75) is 38.0 Å². The van der Waals surface area contributed by atoms with Crippen molar-refractivity contribution in [1.82, 2.24) is 30.1 Å². The number of hydrogen-bond donors (Lipinski definition) is 2. The molecule has 0 amide bonds. The van der Waals surface area contributed by atoms with E-state index in [9.17, 15) is 4.39 Å². The summed E-state index contributed by atoms with van der Waals surface area (Å²) in [6.07, 6.45) is 9.29. The zero-order chi connectivity index (χ0) is 19.6. The lowest BCUT2D eigenvalue weighted by Crippen LogP contribution is -2.27. The summed E-state index contributed by atoms with van der Waals surface area (Å²) in [6, 6.07) is 8.84. The van der Waals surface area contributed by atoms with Crippen LogP contribution in [0.15, 0.2) is 42.9 Å². The fourth-order valence-corrected chi connectivity index (χ4v) is 4.52. The molecule has 3 heterocycles. The molecule has 1 saturated carbocycles. The van der Waals surface area contributed by atoms with Crippen LogP contribution >= 0.6 is 0 Å². The molecule has 6 nitrogen and oxygen atoms in total.